The molecule has 144 valence electrons. The van der Waals surface area contributed by atoms with Crippen LogP contribution in [0.5, 0.6) is 0 Å². The summed E-state index contributed by atoms with van der Waals surface area (Å²) in [5.41, 5.74) is 0. The molecular formula is C16H25BrO8. The third-order valence-corrected chi connectivity index (χ3v) is 4.02. The second-order valence-corrected chi connectivity index (χ2v) is 6.38. The van der Waals surface area contributed by atoms with Crippen molar-refractivity contribution in [2.24, 2.45) is 0 Å². The Morgan fingerprint density at radius 1 is 0.920 bits per heavy atom. The number of halogens is 1. The van der Waals surface area contributed by atoms with Crippen molar-refractivity contribution < 1.29 is 38.1 Å². The van der Waals surface area contributed by atoms with Gasteiger partial charge in [0.15, 0.2) is 24.6 Å². The summed E-state index contributed by atoms with van der Waals surface area (Å²) >= 11 is 3.30. The Kier molecular flexibility index (Phi) is 9.37. The number of alkyl halides is 1. The Hall–Kier alpha value is -1.19. The van der Waals surface area contributed by atoms with E-state index in [1.54, 1.807) is 0 Å². The molecule has 1 rings (SSSR count). The van der Waals surface area contributed by atoms with E-state index < -0.39 is 48.6 Å². The first-order chi connectivity index (χ1) is 11.8. The number of rotatable bonds is 8. The fourth-order valence-electron chi connectivity index (χ4n) is 2.57. The van der Waals surface area contributed by atoms with Gasteiger partial charge in [-0.15, -0.1) is 0 Å². The van der Waals surface area contributed by atoms with Gasteiger partial charge in [0.25, 0.3) is 0 Å². The third kappa shape index (κ3) is 6.91. The summed E-state index contributed by atoms with van der Waals surface area (Å²) in [7, 11) is 0. The number of carbonyl (C=O) groups is 3. The molecule has 1 aliphatic rings. The van der Waals surface area contributed by atoms with Crippen LogP contribution in [0.1, 0.15) is 40.5 Å². The number of esters is 3. The lowest BCUT2D eigenvalue weighted by atomic mass is 9.96. The topological polar surface area (TPSA) is 97.4 Å². The molecule has 8 nitrogen and oxygen atoms in total. The maximum absolute atomic E-state index is 11.5. The molecule has 0 aromatic carbocycles. The fourth-order valence-corrected chi connectivity index (χ4v) is 2.80. The predicted octanol–water partition coefficient (Wildman–Crippen LogP) is 1.72. The average molecular weight is 425 g/mol. The molecule has 5 unspecified atom stereocenters. The molecular weight excluding hydrogens is 400 g/mol. The van der Waals surface area contributed by atoms with Crippen molar-refractivity contribution in [3.63, 3.8) is 0 Å². The molecule has 25 heavy (non-hydrogen) atoms. The van der Waals surface area contributed by atoms with Gasteiger partial charge in [0.1, 0.15) is 6.10 Å². The van der Waals surface area contributed by atoms with Crippen LogP contribution in [0.15, 0.2) is 0 Å². The highest BCUT2D eigenvalue weighted by Crippen LogP contribution is 2.30. The summed E-state index contributed by atoms with van der Waals surface area (Å²) < 4.78 is 27.4. The maximum Gasteiger partial charge on any atom is 0.303 e. The van der Waals surface area contributed by atoms with E-state index in [9.17, 15) is 14.4 Å². The van der Waals surface area contributed by atoms with Gasteiger partial charge in [-0.1, -0.05) is 22.9 Å². The monoisotopic (exact) mass is 424 g/mol. The van der Waals surface area contributed by atoms with Gasteiger partial charge in [0.2, 0.25) is 0 Å². The third-order valence-electron chi connectivity index (χ3n) is 3.46. The second kappa shape index (κ2) is 10.7. The first kappa shape index (κ1) is 21.9. The lowest BCUT2D eigenvalue weighted by molar-refractivity contribution is -0.304. The van der Waals surface area contributed by atoms with E-state index in [2.05, 4.69) is 15.9 Å². The number of hydrogen-bond acceptors (Lipinski definition) is 8. The lowest BCUT2D eigenvalue weighted by Gasteiger charge is -2.44. The van der Waals surface area contributed by atoms with Crippen molar-refractivity contribution in [2.75, 3.05) is 11.9 Å². The molecule has 0 saturated carbocycles. The molecule has 0 aromatic rings. The lowest BCUT2D eigenvalue weighted by Crippen LogP contribution is -2.61. The Balaban J connectivity index is 3.12. The van der Waals surface area contributed by atoms with Crippen LogP contribution in [0.4, 0.5) is 0 Å². The first-order valence-corrected chi connectivity index (χ1v) is 9.27. The molecule has 1 heterocycles. The molecule has 5 atom stereocenters. The highest BCUT2D eigenvalue weighted by atomic mass is 79.9. The van der Waals surface area contributed by atoms with E-state index in [-0.39, 0.29) is 0 Å². The molecule has 1 aliphatic heterocycles. The summed E-state index contributed by atoms with van der Waals surface area (Å²) in [6.07, 6.45) is -3.23. The molecule has 1 saturated heterocycles. The zero-order valence-corrected chi connectivity index (χ0v) is 16.4. The summed E-state index contributed by atoms with van der Waals surface area (Å²) in [5.74, 6) is -1.73. The van der Waals surface area contributed by atoms with Crippen LogP contribution in [-0.2, 0) is 38.1 Å². The zero-order chi connectivity index (χ0) is 19.0. The van der Waals surface area contributed by atoms with Crippen molar-refractivity contribution in [3.05, 3.63) is 0 Å². The van der Waals surface area contributed by atoms with E-state index in [4.69, 9.17) is 23.7 Å². The van der Waals surface area contributed by atoms with E-state index in [0.717, 1.165) is 11.8 Å². The predicted molar refractivity (Wildman–Crippen MR) is 90.0 cm³/mol. The van der Waals surface area contributed by atoms with Crippen molar-refractivity contribution >= 4 is 33.8 Å². The Morgan fingerprint density at radius 2 is 1.44 bits per heavy atom. The number of carbonyl (C=O) groups excluding carboxylic acids is 3. The number of ether oxygens (including phenoxy) is 5. The standard InChI is InChI=1S/C16H25BrO8/c1-5-12-13(22-9(2)18)14(23-10(3)19)15(24-11(4)20)16(25-12)21-8-6-7-17/h12-16H,5-8H2,1-4H3. The molecule has 0 radical (unpaired) electrons. The van der Waals surface area contributed by atoms with Gasteiger partial charge < -0.3 is 23.7 Å². The normalized spacial score (nSPS) is 28.9. The van der Waals surface area contributed by atoms with E-state index in [0.29, 0.717) is 13.0 Å². The van der Waals surface area contributed by atoms with Gasteiger partial charge >= 0.3 is 17.9 Å². The van der Waals surface area contributed by atoms with Crippen molar-refractivity contribution in [2.45, 2.75) is 71.2 Å². The molecule has 0 aromatic heterocycles. The SMILES string of the molecule is CCC1OC(OCCCBr)C(OC(C)=O)C(OC(C)=O)C1OC(C)=O. The molecule has 1 fully saturated rings. The second-order valence-electron chi connectivity index (χ2n) is 5.59. The fraction of sp³-hybridized carbons (Fsp3) is 0.812. The Morgan fingerprint density at radius 3 is 1.92 bits per heavy atom. The highest BCUT2D eigenvalue weighted by molar-refractivity contribution is 9.09. The zero-order valence-electron chi connectivity index (χ0n) is 14.9. The Bertz CT molecular complexity index is 469. The van der Waals surface area contributed by atoms with Crippen LogP contribution in [0, 0.1) is 0 Å². The minimum atomic E-state index is -1.04. The van der Waals surface area contributed by atoms with E-state index >= 15 is 0 Å². The van der Waals surface area contributed by atoms with Crippen LogP contribution < -0.4 is 0 Å². The molecule has 0 N–H and O–H groups in total. The first-order valence-electron chi connectivity index (χ1n) is 8.14. The number of hydrogen-bond donors (Lipinski definition) is 0. The molecule has 0 amide bonds. The van der Waals surface area contributed by atoms with E-state index in [1.165, 1.54) is 20.8 Å². The summed E-state index contributed by atoms with van der Waals surface area (Å²) in [6.45, 7) is 5.90. The highest BCUT2D eigenvalue weighted by Gasteiger charge is 2.51. The van der Waals surface area contributed by atoms with Crippen LogP contribution in [0.25, 0.3) is 0 Å². The van der Waals surface area contributed by atoms with Gasteiger partial charge in [0.05, 0.1) is 6.61 Å². The maximum atomic E-state index is 11.5. The van der Waals surface area contributed by atoms with Gasteiger partial charge in [0, 0.05) is 26.1 Å². The van der Waals surface area contributed by atoms with Crippen LogP contribution in [0.3, 0.4) is 0 Å². The van der Waals surface area contributed by atoms with Crippen LogP contribution >= 0.6 is 15.9 Å². The van der Waals surface area contributed by atoms with Crippen molar-refractivity contribution in [3.8, 4) is 0 Å². The van der Waals surface area contributed by atoms with Crippen molar-refractivity contribution in [1.82, 2.24) is 0 Å². The molecule has 0 aliphatic carbocycles. The van der Waals surface area contributed by atoms with Gasteiger partial charge in [-0.2, -0.15) is 0 Å². The van der Waals surface area contributed by atoms with Crippen molar-refractivity contribution in [1.29, 1.82) is 0 Å². The average Bonchev–Trinajstić information content (AvgIpc) is 2.51. The smallest absolute Gasteiger partial charge is 0.303 e. The summed E-state index contributed by atoms with van der Waals surface area (Å²) in [4.78, 5) is 34.5. The molecule has 0 spiro atoms. The van der Waals surface area contributed by atoms with E-state index in [1.807, 2.05) is 6.92 Å². The molecule has 9 heteroatoms. The molecule has 0 bridgehead atoms. The minimum absolute atomic E-state index is 0.356. The minimum Gasteiger partial charge on any atom is -0.456 e. The van der Waals surface area contributed by atoms with Crippen LogP contribution in [-0.4, -0.2) is 60.6 Å². The van der Waals surface area contributed by atoms with Gasteiger partial charge in [-0.25, -0.2) is 0 Å². The summed E-state index contributed by atoms with van der Waals surface area (Å²) in [5, 5.41) is 0.735. The Labute approximate surface area is 155 Å². The van der Waals surface area contributed by atoms with Gasteiger partial charge in [-0.05, 0) is 12.8 Å². The summed E-state index contributed by atoms with van der Waals surface area (Å²) in [6, 6.07) is 0. The van der Waals surface area contributed by atoms with Crippen LogP contribution in [0.2, 0.25) is 0 Å². The quantitative estimate of drug-likeness (QED) is 0.251. The van der Waals surface area contributed by atoms with Gasteiger partial charge in [-0.3, -0.25) is 14.4 Å². The largest absolute Gasteiger partial charge is 0.456 e.